The SMILES string of the molecule is CC.CCCCCCC(=O)Oc1c2n(cc(C(=O)NCc3ccc(F)cc3F)c1=O)[C@]1(C)CN(C2=O)[C@@H](C)CC[C@]1(C)CC(C)=NC.[HH]. The second kappa shape index (κ2) is 15.8. The average molecular weight is 659 g/mol. The van der Waals surface area contributed by atoms with E-state index in [1.807, 2.05) is 34.6 Å². The van der Waals surface area contributed by atoms with Gasteiger partial charge >= 0.3 is 5.97 Å². The van der Waals surface area contributed by atoms with Crippen LogP contribution in [0.15, 0.2) is 34.2 Å². The lowest BCUT2D eigenvalue weighted by molar-refractivity contribution is -0.134. The number of hydrogen-bond donors (Lipinski definition) is 1. The molecule has 1 aromatic carbocycles. The molecule has 1 fully saturated rings. The summed E-state index contributed by atoms with van der Waals surface area (Å²) in [7, 11) is 1.73. The van der Waals surface area contributed by atoms with Crippen molar-refractivity contribution in [2.75, 3.05) is 13.6 Å². The molecule has 0 radical (unpaired) electrons. The van der Waals surface area contributed by atoms with Gasteiger partial charge in [0.05, 0.1) is 5.54 Å². The summed E-state index contributed by atoms with van der Waals surface area (Å²) >= 11 is 0. The molecule has 3 atom stereocenters. The van der Waals surface area contributed by atoms with E-state index in [4.69, 9.17) is 4.74 Å². The van der Waals surface area contributed by atoms with Crippen LogP contribution in [0.25, 0.3) is 0 Å². The van der Waals surface area contributed by atoms with Gasteiger partial charge in [0.1, 0.15) is 17.2 Å². The first-order valence-corrected chi connectivity index (χ1v) is 16.7. The van der Waals surface area contributed by atoms with Gasteiger partial charge in [-0.25, -0.2) is 8.78 Å². The van der Waals surface area contributed by atoms with Crippen molar-refractivity contribution in [2.45, 2.75) is 118 Å². The molecule has 9 nitrogen and oxygen atoms in total. The minimum atomic E-state index is -0.905. The van der Waals surface area contributed by atoms with Crippen LogP contribution in [-0.2, 0) is 16.9 Å². The van der Waals surface area contributed by atoms with Crippen LogP contribution in [0.3, 0.4) is 0 Å². The highest BCUT2D eigenvalue weighted by Crippen LogP contribution is 2.51. The third-order valence-corrected chi connectivity index (χ3v) is 9.76. The van der Waals surface area contributed by atoms with E-state index >= 15 is 0 Å². The Balaban J connectivity index is 0.00000262. The molecule has 1 N–H and O–H groups in total. The Kier molecular flexibility index (Phi) is 12.6. The lowest BCUT2D eigenvalue weighted by Gasteiger charge is -2.52. The van der Waals surface area contributed by atoms with Crippen LogP contribution in [0.5, 0.6) is 5.75 Å². The molecular weight excluding hydrogens is 606 g/mol. The predicted molar refractivity (Wildman–Crippen MR) is 181 cm³/mol. The highest BCUT2D eigenvalue weighted by atomic mass is 19.1. The minimum absolute atomic E-state index is 0. The van der Waals surface area contributed by atoms with Gasteiger partial charge in [-0.05, 0) is 57.9 Å². The Hall–Kier alpha value is -3.89. The van der Waals surface area contributed by atoms with Gasteiger partial charge in [0.15, 0.2) is 5.69 Å². The fraction of sp³-hybridized carbons (Fsp3) is 0.583. The molecule has 47 heavy (non-hydrogen) atoms. The number of unbranched alkanes of at least 4 members (excludes halogenated alkanes) is 3. The molecule has 0 aliphatic carbocycles. The Morgan fingerprint density at radius 2 is 1.85 bits per heavy atom. The number of halogens is 2. The Morgan fingerprint density at radius 3 is 2.49 bits per heavy atom. The van der Waals surface area contributed by atoms with E-state index in [-0.39, 0.29) is 37.3 Å². The van der Waals surface area contributed by atoms with Crippen molar-refractivity contribution in [1.82, 2.24) is 14.8 Å². The maximum Gasteiger partial charge on any atom is 0.311 e. The van der Waals surface area contributed by atoms with Gasteiger partial charge in [-0.15, -0.1) is 0 Å². The number of nitrogens with one attached hydrogen (secondary N) is 1. The highest BCUT2D eigenvalue weighted by Gasteiger charge is 2.55. The minimum Gasteiger partial charge on any atom is -0.420 e. The van der Waals surface area contributed by atoms with Crippen molar-refractivity contribution < 1.29 is 29.3 Å². The van der Waals surface area contributed by atoms with Crippen molar-refractivity contribution in [2.24, 2.45) is 10.4 Å². The molecule has 2 amide bonds. The Bertz CT molecular complexity index is 1580. The standard InChI is InChI=1S/C34H44F2N4O5.C2H6.H2/c1-7-8-9-10-11-27(41)45-30-28-32(44)39-20-34(5,33(4,15-14-22(39)3)17-21(2)37-6)40(28)19-25(29(30)42)31(43)38-18-23-12-13-24(35)16-26(23)36;1-2;/h12-13,16,19,22H,7-11,14-15,17-18,20H2,1-6H3,(H,38,43);1-2H3;1H/t22-,33+,34+;;/m0../s1. The van der Waals surface area contributed by atoms with E-state index in [1.54, 1.807) is 16.5 Å². The summed E-state index contributed by atoms with van der Waals surface area (Å²) in [6.45, 7) is 14.1. The van der Waals surface area contributed by atoms with Crippen molar-refractivity contribution in [3.05, 3.63) is 63.1 Å². The monoisotopic (exact) mass is 658 g/mol. The number of amides is 2. The summed E-state index contributed by atoms with van der Waals surface area (Å²) < 4.78 is 35.1. The largest absolute Gasteiger partial charge is 0.420 e. The van der Waals surface area contributed by atoms with Gasteiger partial charge in [-0.2, -0.15) is 0 Å². The molecule has 260 valence electrons. The molecular formula is C36H52F2N4O5. The Labute approximate surface area is 278 Å². The zero-order valence-electron chi connectivity index (χ0n) is 29.1. The van der Waals surface area contributed by atoms with Crippen molar-refractivity contribution in [1.29, 1.82) is 0 Å². The third-order valence-electron chi connectivity index (χ3n) is 9.76. The topological polar surface area (TPSA) is 110 Å². The van der Waals surface area contributed by atoms with Crippen LogP contribution in [0.2, 0.25) is 0 Å². The number of ether oxygens (including phenoxy) is 1. The number of hydrogen-bond acceptors (Lipinski definition) is 6. The molecule has 2 aliphatic rings. The van der Waals surface area contributed by atoms with Gasteiger partial charge in [0.25, 0.3) is 11.8 Å². The molecule has 0 unspecified atom stereocenters. The molecule has 1 aromatic heterocycles. The number of fused-ring (bicyclic) bond motifs is 4. The lowest BCUT2D eigenvalue weighted by atomic mass is 9.65. The van der Waals surface area contributed by atoms with Crippen LogP contribution in [0.1, 0.15) is 128 Å². The fourth-order valence-electron chi connectivity index (χ4n) is 6.56. The predicted octanol–water partition coefficient (Wildman–Crippen LogP) is 7.04. The van der Waals surface area contributed by atoms with Crippen molar-refractivity contribution in [3.8, 4) is 5.75 Å². The second-order valence-corrected chi connectivity index (χ2v) is 12.9. The third kappa shape index (κ3) is 7.81. The number of aromatic nitrogens is 1. The van der Waals surface area contributed by atoms with E-state index in [1.165, 1.54) is 12.3 Å². The fourth-order valence-corrected chi connectivity index (χ4v) is 6.56. The van der Waals surface area contributed by atoms with E-state index in [2.05, 4.69) is 24.2 Å². The normalized spacial score (nSPS) is 22.1. The maximum absolute atomic E-state index is 14.3. The first-order valence-electron chi connectivity index (χ1n) is 16.7. The molecule has 0 saturated carbocycles. The first-order chi connectivity index (χ1) is 22.3. The Morgan fingerprint density at radius 1 is 1.15 bits per heavy atom. The number of benzene rings is 1. The molecule has 2 bridgehead atoms. The number of esters is 1. The van der Waals surface area contributed by atoms with Crippen molar-refractivity contribution in [3.63, 3.8) is 0 Å². The number of rotatable bonds is 11. The molecule has 2 aliphatic heterocycles. The summed E-state index contributed by atoms with van der Waals surface area (Å²) in [4.78, 5) is 60.9. The van der Waals surface area contributed by atoms with Gasteiger partial charge in [-0.1, -0.05) is 53.0 Å². The number of aliphatic imine (C=N–C) groups is 1. The van der Waals surface area contributed by atoms with Gasteiger partial charge in [0.2, 0.25) is 11.2 Å². The van der Waals surface area contributed by atoms with Crippen LogP contribution in [-0.4, -0.2) is 52.6 Å². The number of nitrogens with zero attached hydrogens (tertiary/aromatic N) is 3. The summed E-state index contributed by atoms with van der Waals surface area (Å²) in [5.74, 6) is -4.03. The quantitative estimate of drug-likeness (QED) is 0.158. The summed E-state index contributed by atoms with van der Waals surface area (Å²) in [6.07, 6.45) is 6.73. The number of carbonyl (C=O) groups excluding carboxylic acids is 3. The summed E-state index contributed by atoms with van der Waals surface area (Å²) in [6, 6.07) is 2.85. The maximum atomic E-state index is 14.3. The summed E-state index contributed by atoms with van der Waals surface area (Å²) in [5, 5.41) is 2.54. The average Bonchev–Trinajstić information content (AvgIpc) is 3.12. The first kappa shape index (κ1) is 37.6. The summed E-state index contributed by atoms with van der Waals surface area (Å²) in [5.41, 5.74) is -1.69. The van der Waals surface area contributed by atoms with E-state index in [0.29, 0.717) is 31.9 Å². The molecule has 11 heteroatoms. The second-order valence-electron chi connectivity index (χ2n) is 12.9. The van der Waals surface area contributed by atoms with Gasteiger partial charge in [-0.3, -0.25) is 24.2 Å². The van der Waals surface area contributed by atoms with Crippen LogP contribution in [0, 0.1) is 17.0 Å². The van der Waals surface area contributed by atoms with Gasteiger partial charge in [0, 0.05) is 57.6 Å². The molecule has 2 aromatic rings. The molecule has 3 heterocycles. The van der Waals surface area contributed by atoms with Crippen LogP contribution < -0.4 is 15.5 Å². The smallest absolute Gasteiger partial charge is 0.311 e. The zero-order chi connectivity index (χ0) is 35.1. The zero-order valence-corrected chi connectivity index (χ0v) is 29.1. The molecule has 0 spiro atoms. The number of carbonyl (C=O) groups is 3. The lowest BCUT2D eigenvalue weighted by Crippen LogP contribution is -2.60. The van der Waals surface area contributed by atoms with E-state index in [9.17, 15) is 28.0 Å². The van der Waals surface area contributed by atoms with Crippen LogP contribution >= 0.6 is 0 Å². The molecule has 4 rings (SSSR count). The van der Waals surface area contributed by atoms with Crippen LogP contribution in [0.4, 0.5) is 8.78 Å². The van der Waals surface area contributed by atoms with Crippen molar-refractivity contribution >= 4 is 23.5 Å². The van der Waals surface area contributed by atoms with Gasteiger partial charge < -0.3 is 19.5 Å². The highest BCUT2D eigenvalue weighted by molar-refractivity contribution is 6.00. The van der Waals surface area contributed by atoms with E-state index in [0.717, 1.165) is 37.5 Å². The number of pyridine rings is 1. The molecule has 1 saturated heterocycles. The van der Waals surface area contributed by atoms with E-state index < -0.39 is 51.6 Å².